The van der Waals surface area contributed by atoms with E-state index in [-0.39, 0.29) is 39.3 Å². The van der Waals surface area contributed by atoms with Gasteiger partial charge in [-0.1, -0.05) is 81.0 Å². The van der Waals surface area contributed by atoms with E-state index < -0.39 is 25.6 Å². The van der Waals surface area contributed by atoms with Gasteiger partial charge in [-0.15, -0.1) is 0 Å². The molecular weight excluding hydrogens is 745 g/mol. The summed E-state index contributed by atoms with van der Waals surface area (Å²) < 4.78 is 48.6. The maximum absolute atomic E-state index is 12.2. The lowest BCUT2D eigenvalue weighted by atomic mass is 9.58. The van der Waals surface area contributed by atoms with Crippen molar-refractivity contribution in [2.24, 2.45) is 10.8 Å². The van der Waals surface area contributed by atoms with Gasteiger partial charge in [-0.3, -0.25) is 9.80 Å². The van der Waals surface area contributed by atoms with Crippen LogP contribution in [-0.4, -0.2) is 149 Å². The van der Waals surface area contributed by atoms with Gasteiger partial charge in [0.05, 0.1) is 28.6 Å². The minimum Gasteiger partial charge on any atom is -0.478 e. The van der Waals surface area contributed by atoms with Gasteiger partial charge in [0, 0.05) is 94.3 Å². The van der Waals surface area contributed by atoms with Crippen LogP contribution in [-0.2, 0) is 25.1 Å². The lowest BCUT2D eigenvalue weighted by Crippen LogP contribution is -2.54. The molecule has 10 nitrogen and oxygen atoms in total. The molecule has 12 heteroatoms. The quantitative estimate of drug-likeness (QED) is 0.291. The number of carboxylic acids is 1. The number of sulfone groups is 2. The van der Waals surface area contributed by atoms with Gasteiger partial charge in [0.2, 0.25) is 0 Å². The molecule has 1 atom stereocenters. The summed E-state index contributed by atoms with van der Waals surface area (Å²) in [5, 5.41) is 9.43. The van der Waals surface area contributed by atoms with Gasteiger partial charge in [-0.2, -0.15) is 0 Å². The minimum absolute atomic E-state index is 0.00439. The predicted molar refractivity (Wildman–Crippen MR) is 225 cm³/mol. The highest BCUT2D eigenvalue weighted by Gasteiger charge is 2.48. The summed E-state index contributed by atoms with van der Waals surface area (Å²) in [6.45, 7) is 15.7. The van der Waals surface area contributed by atoms with E-state index in [9.17, 15) is 26.7 Å². The van der Waals surface area contributed by atoms with Gasteiger partial charge in [-0.05, 0) is 60.9 Å². The Bertz CT molecular complexity index is 1930. The van der Waals surface area contributed by atoms with Gasteiger partial charge in [0.15, 0.2) is 19.7 Å². The molecule has 2 saturated heterocycles. The van der Waals surface area contributed by atoms with E-state index in [1.807, 2.05) is 12.1 Å². The second kappa shape index (κ2) is 16.4. The zero-order chi connectivity index (χ0) is 39.8. The number of hydrogen-bond donors (Lipinski definition) is 1. The molecule has 2 aliphatic carbocycles. The van der Waals surface area contributed by atoms with Crippen LogP contribution in [0.1, 0.15) is 74.4 Å². The normalized spacial score (nSPS) is 29.6. The van der Waals surface area contributed by atoms with Crippen LogP contribution in [0.2, 0.25) is 0 Å². The second-order valence-electron chi connectivity index (χ2n) is 18.1. The summed E-state index contributed by atoms with van der Waals surface area (Å²) in [4.78, 5) is 21.4. The Morgan fingerprint density at radius 3 is 1.88 bits per heavy atom. The van der Waals surface area contributed by atoms with Crippen LogP contribution in [0.15, 0.2) is 72.3 Å². The highest BCUT2D eigenvalue weighted by atomic mass is 32.2. The van der Waals surface area contributed by atoms with Crippen LogP contribution < -0.4 is 0 Å². The maximum atomic E-state index is 12.2. The lowest BCUT2D eigenvalue weighted by molar-refractivity contribution is 0.0674. The van der Waals surface area contributed by atoms with Crippen LogP contribution in [0.3, 0.4) is 0 Å². The molecule has 2 aromatic rings. The zero-order valence-corrected chi connectivity index (χ0v) is 35.3. The molecule has 1 N–H and O–H groups in total. The van der Waals surface area contributed by atoms with Crippen molar-refractivity contribution in [2.75, 3.05) is 95.0 Å². The van der Waals surface area contributed by atoms with Crippen LogP contribution in [0.5, 0.6) is 0 Å². The molecule has 0 spiro atoms. The molecule has 7 rings (SSSR count). The van der Waals surface area contributed by atoms with E-state index in [1.165, 1.54) is 16.7 Å². The number of carbonyl (C=O) groups is 1. The van der Waals surface area contributed by atoms with Gasteiger partial charge in [0.25, 0.3) is 0 Å². The number of nitrogens with zero attached hydrogens (tertiary/aromatic N) is 4. The first kappa shape index (κ1) is 41.3. The van der Waals surface area contributed by atoms with E-state index in [1.54, 1.807) is 12.1 Å². The SMILES string of the molecule is CC1(C)C(c2ccc(C(=O)O)cc2)=CC[C@]2(C)CN(C3CCC(CN(CCN4CCS(=O)(=O)CC4)CCN4CCS(=O)(=O)CC4)(c4ccccc4)CC3)CC=C12. The largest absolute Gasteiger partial charge is 0.478 e. The van der Waals surface area contributed by atoms with Crippen molar-refractivity contribution in [3.8, 4) is 0 Å². The summed E-state index contributed by atoms with van der Waals surface area (Å²) in [7, 11) is -5.89. The highest BCUT2D eigenvalue weighted by molar-refractivity contribution is 7.91. The zero-order valence-electron chi connectivity index (χ0n) is 33.7. The molecule has 5 aliphatic rings. The number of aromatic carboxylic acids is 1. The van der Waals surface area contributed by atoms with Crippen molar-refractivity contribution in [3.63, 3.8) is 0 Å². The van der Waals surface area contributed by atoms with Crippen molar-refractivity contribution >= 4 is 31.2 Å². The van der Waals surface area contributed by atoms with Crippen molar-refractivity contribution < 1.29 is 26.7 Å². The Hall–Kier alpha value is -2.87. The van der Waals surface area contributed by atoms with Crippen LogP contribution >= 0.6 is 0 Å². The monoisotopic (exact) mass is 806 g/mol. The number of rotatable bonds is 12. The van der Waals surface area contributed by atoms with E-state index in [0.29, 0.717) is 37.8 Å². The molecule has 1 saturated carbocycles. The number of fused-ring (bicyclic) bond motifs is 1. The fourth-order valence-electron chi connectivity index (χ4n) is 10.6. The van der Waals surface area contributed by atoms with Crippen LogP contribution in [0.4, 0.5) is 0 Å². The number of hydrogen-bond acceptors (Lipinski definition) is 9. The summed E-state index contributed by atoms with van der Waals surface area (Å²) in [5.74, 6) is 0.0187. The molecule has 3 fully saturated rings. The fraction of sp³-hybridized carbons (Fsp3) is 0.614. The van der Waals surface area contributed by atoms with E-state index in [2.05, 4.69) is 82.9 Å². The van der Waals surface area contributed by atoms with Gasteiger partial charge >= 0.3 is 5.97 Å². The number of benzene rings is 2. The summed E-state index contributed by atoms with van der Waals surface area (Å²) >= 11 is 0. The van der Waals surface area contributed by atoms with Gasteiger partial charge in [-0.25, -0.2) is 21.6 Å². The fourth-order valence-corrected chi connectivity index (χ4v) is 13.1. The molecule has 0 aromatic heterocycles. The van der Waals surface area contributed by atoms with Crippen LogP contribution in [0.25, 0.3) is 5.57 Å². The molecule has 0 amide bonds. The van der Waals surface area contributed by atoms with Crippen molar-refractivity contribution in [2.45, 2.75) is 64.3 Å². The Morgan fingerprint density at radius 1 is 0.786 bits per heavy atom. The molecular formula is C44H62N4O6S2. The Kier molecular flexibility index (Phi) is 12.1. The van der Waals surface area contributed by atoms with Crippen molar-refractivity contribution in [3.05, 3.63) is 89.0 Å². The average Bonchev–Trinajstić information content (AvgIpc) is 3.17. The maximum Gasteiger partial charge on any atom is 0.335 e. The van der Waals surface area contributed by atoms with Gasteiger partial charge < -0.3 is 14.9 Å². The summed E-state index contributed by atoms with van der Waals surface area (Å²) in [5.41, 5.74) is 5.43. The lowest BCUT2D eigenvalue weighted by Gasteiger charge is -2.53. The standard InChI is InChI=1S/C44H62N4O6S2/c1-42(2)39(35-9-11-36(12-10-35)41(49)50)15-17-43(3)33-48(20-16-40(42)43)38-13-18-44(19-14-38,37-7-5-4-6-8-37)34-47(23-21-45-25-29-55(51,52)30-26-45)24-22-46-27-31-56(53,54)32-28-46/h4-12,15-16,38H,13-14,17-34H2,1-3H3,(H,49,50)/t38?,43-,44?/m1/s1. The molecule has 0 unspecified atom stereocenters. The first-order valence-electron chi connectivity index (χ1n) is 20.7. The molecule has 3 heterocycles. The average molecular weight is 807 g/mol. The molecule has 56 heavy (non-hydrogen) atoms. The van der Waals surface area contributed by atoms with Crippen molar-refractivity contribution in [1.82, 2.24) is 19.6 Å². The first-order chi connectivity index (χ1) is 26.6. The summed E-state index contributed by atoms with van der Waals surface area (Å²) in [6.07, 6.45) is 10.3. The molecule has 306 valence electrons. The number of carboxylic acid groups (broad SMARTS) is 1. The predicted octanol–water partition coefficient (Wildman–Crippen LogP) is 5.09. The van der Waals surface area contributed by atoms with Crippen molar-refractivity contribution in [1.29, 1.82) is 0 Å². The third-order valence-electron chi connectivity index (χ3n) is 14.0. The molecule has 0 bridgehead atoms. The summed E-state index contributed by atoms with van der Waals surface area (Å²) in [6, 6.07) is 18.9. The molecule has 3 aliphatic heterocycles. The number of allylic oxidation sites excluding steroid dienone is 2. The minimum atomic E-state index is -2.94. The van der Waals surface area contributed by atoms with Gasteiger partial charge in [0.1, 0.15) is 0 Å². The molecule has 2 aromatic carbocycles. The van der Waals surface area contributed by atoms with E-state index in [4.69, 9.17) is 0 Å². The topological polar surface area (TPSA) is 119 Å². The first-order valence-corrected chi connectivity index (χ1v) is 24.3. The van der Waals surface area contributed by atoms with E-state index >= 15 is 0 Å². The smallest absolute Gasteiger partial charge is 0.335 e. The van der Waals surface area contributed by atoms with E-state index in [0.717, 1.165) is 83.5 Å². The molecule has 0 radical (unpaired) electrons. The second-order valence-corrected chi connectivity index (χ2v) is 22.7. The highest BCUT2D eigenvalue weighted by Crippen LogP contribution is 2.56. The third-order valence-corrected chi connectivity index (χ3v) is 17.2. The Labute approximate surface area is 335 Å². The third kappa shape index (κ3) is 9.21. The van der Waals surface area contributed by atoms with Crippen LogP contribution in [0, 0.1) is 10.8 Å². The Morgan fingerprint density at radius 2 is 1.34 bits per heavy atom. The Balaban J connectivity index is 1.05.